The third-order valence-corrected chi connectivity index (χ3v) is 6.02. The molecule has 132 valence electrons. The molecule has 24 heavy (non-hydrogen) atoms. The minimum atomic E-state index is -3.68. The van der Waals surface area contributed by atoms with E-state index < -0.39 is 21.9 Å². The first-order chi connectivity index (χ1) is 11.2. The molecular formula is C16H22N2O5S. The molecule has 1 aliphatic heterocycles. The predicted molar refractivity (Wildman–Crippen MR) is 88.4 cm³/mol. The number of carboxylic acid groups (broad SMARTS) is 1. The lowest BCUT2D eigenvalue weighted by atomic mass is 9.97. The first-order valence-corrected chi connectivity index (χ1v) is 9.22. The highest BCUT2D eigenvalue weighted by molar-refractivity contribution is 7.89. The molecule has 1 aliphatic rings. The van der Waals surface area contributed by atoms with Gasteiger partial charge in [0, 0.05) is 18.7 Å². The average molecular weight is 354 g/mol. The van der Waals surface area contributed by atoms with E-state index in [2.05, 4.69) is 4.72 Å². The fourth-order valence-electron chi connectivity index (χ4n) is 2.89. The van der Waals surface area contributed by atoms with Crippen molar-refractivity contribution in [1.82, 2.24) is 9.62 Å². The number of aryl methyl sites for hydroxylation is 1. The van der Waals surface area contributed by atoms with Gasteiger partial charge in [-0.25, -0.2) is 13.1 Å². The summed E-state index contributed by atoms with van der Waals surface area (Å²) in [5.74, 6) is -1.82. The van der Waals surface area contributed by atoms with Gasteiger partial charge < -0.3 is 10.0 Å². The van der Waals surface area contributed by atoms with E-state index in [1.807, 2.05) is 0 Å². The van der Waals surface area contributed by atoms with E-state index in [4.69, 9.17) is 5.11 Å². The molecule has 0 saturated carbocycles. The van der Waals surface area contributed by atoms with Gasteiger partial charge in [-0.05, 0) is 57.0 Å². The van der Waals surface area contributed by atoms with Gasteiger partial charge in [-0.1, -0.05) is 0 Å². The molecular weight excluding hydrogens is 332 g/mol. The standard InChI is InChI=1S/C16H22N2O5S/c1-10-7-13(8-14(11(10)2)24(22,23)17-3)15(19)18-6-4-5-12(9-18)16(20)21/h7-8,12,17H,4-6,9H2,1-3H3,(H,20,21)/t12-/m1/s1. The Morgan fingerprint density at radius 3 is 2.54 bits per heavy atom. The lowest BCUT2D eigenvalue weighted by Gasteiger charge is -2.31. The molecule has 1 saturated heterocycles. The van der Waals surface area contributed by atoms with Crippen LogP contribution in [0.4, 0.5) is 0 Å². The molecule has 1 atom stereocenters. The third kappa shape index (κ3) is 3.59. The van der Waals surface area contributed by atoms with Gasteiger partial charge in [0.1, 0.15) is 0 Å². The molecule has 1 fully saturated rings. The SMILES string of the molecule is CNS(=O)(=O)c1cc(C(=O)N2CCC[C@@H](C(=O)O)C2)cc(C)c1C. The number of likely N-dealkylation sites (tertiary alicyclic amines) is 1. The number of rotatable bonds is 4. The summed E-state index contributed by atoms with van der Waals surface area (Å²) in [6.45, 7) is 4.06. The van der Waals surface area contributed by atoms with Crippen LogP contribution in [-0.4, -0.2) is 50.4 Å². The van der Waals surface area contributed by atoms with Crippen molar-refractivity contribution < 1.29 is 23.1 Å². The number of aliphatic carboxylic acids is 1. The summed E-state index contributed by atoms with van der Waals surface area (Å²) in [6.07, 6.45) is 1.17. The number of nitrogens with one attached hydrogen (secondary N) is 1. The molecule has 0 aliphatic carbocycles. The van der Waals surface area contributed by atoms with Crippen LogP contribution < -0.4 is 4.72 Å². The number of nitrogens with zero attached hydrogens (tertiary/aromatic N) is 1. The van der Waals surface area contributed by atoms with Gasteiger partial charge in [0.15, 0.2) is 0 Å². The van der Waals surface area contributed by atoms with E-state index in [9.17, 15) is 18.0 Å². The van der Waals surface area contributed by atoms with E-state index >= 15 is 0 Å². The monoisotopic (exact) mass is 354 g/mol. The summed E-state index contributed by atoms with van der Waals surface area (Å²) in [7, 11) is -2.36. The summed E-state index contributed by atoms with van der Waals surface area (Å²) in [6, 6.07) is 3.01. The van der Waals surface area contributed by atoms with Crippen molar-refractivity contribution in [2.24, 2.45) is 5.92 Å². The second kappa shape index (κ2) is 6.90. The van der Waals surface area contributed by atoms with Crippen LogP contribution in [0.25, 0.3) is 0 Å². The maximum Gasteiger partial charge on any atom is 0.308 e. The molecule has 7 nitrogen and oxygen atoms in total. The fourth-order valence-corrected chi connectivity index (χ4v) is 3.95. The van der Waals surface area contributed by atoms with Crippen molar-refractivity contribution in [2.75, 3.05) is 20.1 Å². The number of sulfonamides is 1. The van der Waals surface area contributed by atoms with Crippen LogP contribution in [0.3, 0.4) is 0 Å². The Kier molecular flexibility index (Phi) is 5.29. The lowest BCUT2D eigenvalue weighted by Crippen LogP contribution is -2.42. The first kappa shape index (κ1) is 18.4. The number of hydrogen-bond acceptors (Lipinski definition) is 4. The molecule has 1 aromatic rings. The average Bonchev–Trinajstić information content (AvgIpc) is 2.56. The molecule has 2 N–H and O–H groups in total. The minimum Gasteiger partial charge on any atom is -0.481 e. The second-order valence-electron chi connectivity index (χ2n) is 6.05. The maximum absolute atomic E-state index is 12.7. The number of carbonyl (C=O) groups excluding carboxylic acids is 1. The van der Waals surface area contributed by atoms with Gasteiger partial charge in [-0.15, -0.1) is 0 Å². The van der Waals surface area contributed by atoms with Crippen molar-refractivity contribution in [1.29, 1.82) is 0 Å². The van der Waals surface area contributed by atoms with E-state index in [0.29, 0.717) is 30.5 Å². The van der Waals surface area contributed by atoms with Crippen molar-refractivity contribution in [3.63, 3.8) is 0 Å². The van der Waals surface area contributed by atoms with Crippen LogP contribution in [0.1, 0.15) is 34.3 Å². The van der Waals surface area contributed by atoms with E-state index in [1.54, 1.807) is 19.9 Å². The van der Waals surface area contributed by atoms with Crippen LogP contribution in [0.5, 0.6) is 0 Å². The van der Waals surface area contributed by atoms with Crippen LogP contribution >= 0.6 is 0 Å². The normalized spacial score (nSPS) is 18.5. The predicted octanol–water partition coefficient (Wildman–Crippen LogP) is 1.15. The van der Waals surface area contributed by atoms with Gasteiger partial charge in [0.05, 0.1) is 10.8 Å². The van der Waals surface area contributed by atoms with Crippen molar-refractivity contribution in [3.8, 4) is 0 Å². The Hall–Kier alpha value is -1.93. The summed E-state index contributed by atoms with van der Waals surface area (Å²) >= 11 is 0. The molecule has 2 rings (SSSR count). The van der Waals surface area contributed by atoms with Gasteiger partial charge in [-0.3, -0.25) is 9.59 Å². The number of carboxylic acids is 1. The number of benzene rings is 1. The Morgan fingerprint density at radius 2 is 1.96 bits per heavy atom. The number of amides is 1. The molecule has 0 bridgehead atoms. The largest absolute Gasteiger partial charge is 0.481 e. The smallest absolute Gasteiger partial charge is 0.308 e. The van der Waals surface area contributed by atoms with Gasteiger partial charge >= 0.3 is 5.97 Å². The van der Waals surface area contributed by atoms with Gasteiger partial charge in [0.2, 0.25) is 10.0 Å². The molecule has 0 spiro atoms. The van der Waals surface area contributed by atoms with Crippen LogP contribution in [0, 0.1) is 19.8 Å². The molecule has 8 heteroatoms. The summed E-state index contributed by atoms with van der Waals surface area (Å²) in [4.78, 5) is 25.4. The van der Waals surface area contributed by atoms with E-state index in [1.165, 1.54) is 18.0 Å². The molecule has 0 radical (unpaired) electrons. The number of piperidine rings is 1. The van der Waals surface area contributed by atoms with Crippen LogP contribution in [0.15, 0.2) is 17.0 Å². The Bertz CT molecular complexity index is 773. The molecule has 0 aromatic heterocycles. The van der Waals surface area contributed by atoms with Crippen LogP contribution in [0.2, 0.25) is 0 Å². The highest BCUT2D eigenvalue weighted by Gasteiger charge is 2.29. The molecule has 1 aromatic carbocycles. The fraction of sp³-hybridized carbons (Fsp3) is 0.500. The zero-order valence-electron chi connectivity index (χ0n) is 14.0. The highest BCUT2D eigenvalue weighted by atomic mass is 32.2. The summed E-state index contributed by atoms with van der Waals surface area (Å²) in [5.41, 5.74) is 1.54. The first-order valence-electron chi connectivity index (χ1n) is 7.74. The summed E-state index contributed by atoms with van der Waals surface area (Å²) in [5, 5.41) is 9.15. The quantitative estimate of drug-likeness (QED) is 0.844. The summed E-state index contributed by atoms with van der Waals surface area (Å²) < 4.78 is 26.6. The topological polar surface area (TPSA) is 104 Å². The Balaban J connectivity index is 2.38. The molecule has 0 unspecified atom stereocenters. The molecule has 1 heterocycles. The van der Waals surface area contributed by atoms with Crippen molar-refractivity contribution in [2.45, 2.75) is 31.6 Å². The van der Waals surface area contributed by atoms with E-state index in [0.717, 1.165) is 0 Å². The van der Waals surface area contributed by atoms with Crippen LogP contribution in [-0.2, 0) is 14.8 Å². The van der Waals surface area contributed by atoms with Gasteiger partial charge in [-0.2, -0.15) is 0 Å². The van der Waals surface area contributed by atoms with E-state index in [-0.39, 0.29) is 22.9 Å². The second-order valence-corrected chi connectivity index (χ2v) is 7.91. The number of carbonyl (C=O) groups is 2. The zero-order valence-corrected chi connectivity index (χ0v) is 14.8. The van der Waals surface area contributed by atoms with Gasteiger partial charge in [0.25, 0.3) is 5.91 Å². The van der Waals surface area contributed by atoms with Crippen molar-refractivity contribution >= 4 is 21.9 Å². The lowest BCUT2D eigenvalue weighted by molar-refractivity contribution is -0.143. The van der Waals surface area contributed by atoms with Crippen molar-refractivity contribution in [3.05, 3.63) is 28.8 Å². The zero-order chi connectivity index (χ0) is 18.1. The minimum absolute atomic E-state index is 0.0696. The Morgan fingerprint density at radius 1 is 1.29 bits per heavy atom. The third-order valence-electron chi connectivity index (χ3n) is 4.48. The Labute approximate surface area is 141 Å². The highest BCUT2D eigenvalue weighted by Crippen LogP contribution is 2.24. The molecule has 1 amide bonds. The maximum atomic E-state index is 12.7. The number of hydrogen-bond donors (Lipinski definition) is 2.